The van der Waals surface area contributed by atoms with E-state index < -0.39 is 0 Å². The van der Waals surface area contributed by atoms with E-state index in [2.05, 4.69) is 28.3 Å². The normalized spacial score (nSPS) is 10.7. The summed E-state index contributed by atoms with van der Waals surface area (Å²) in [4.78, 5) is 24.3. The highest BCUT2D eigenvalue weighted by atomic mass is 32.1. The van der Waals surface area contributed by atoms with Crippen molar-refractivity contribution in [3.8, 4) is 0 Å². The molecular weight excluding hydrogens is 308 g/mol. The van der Waals surface area contributed by atoms with Gasteiger partial charge in [-0.05, 0) is 30.7 Å². The van der Waals surface area contributed by atoms with E-state index in [1.54, 1.807) is 36.7 Å². The van der Waals surface area contributed by atoms with Crippen LogP contribution in [0.4, 0.5) is 5.82 Å². The molecule has 0 bridgehead atoms. The number of thiophene rings is 1. The quantitative estimate of drug-likeness (QED) is 0.799. The molecule has 0 unspecified atom stereocenters. The van der Waals surface area contributed by atoms with Crippen molar-refractivity contribution in [2.45, 2.75) is 13.5 Å². The zero-order valence-corrected chi connectivity index (χ0v) is 14.1. The van der Waals surface area contributed by atoms with E-state index in [9.17, 15) is 4.79 Å². The van der Waals surface area contributed by atoms with E-state index >= 15 is 0 Å². The minimum absolute atomic E-state index is 0.00997. The van der Waals surface area contributed by atoms with Gasteiger partial charge in [0.25, 0.3) is 5.91 Å². The second-order valence-electron chi connectivity index (χ2n) is 5.55. The fourth-order valence-corrected chi connectivity index (χ4v) is 3.17. The molecule has 1 aromatic carbocycles. The Labute approximate surface area is 139 Å². The molecule has 0 atom stereocenters. The average Bonchev–Trinajstić information content (AvgIpc) is 2.93. The summed E-state index contributed by atoms with van der Waals surface area (Å²) < 4.78 is 0. The van der Waals surface area contributed by atoms with Crippen molar-refractivity contribution >= 4 is 33.3 Å². The number of hydrogen-bond donors (Lipinski definition) is 1. The summed E-state index contributed by atoms with van der Waals surface area (Å²) in [5.41, 5.74) is 1.79. The SMILES string of the molecule is Cc1cc2c(NCc3ccc(C(=O)N(C)C)cc3)ncnc2s1. The fourth-order valence-electron chi connectivity index (χ4n) is 2.33. The Morgan fingerprint density at radius 3 is 2.65 bits per heavy atom. The number of benzene rings is 1. The summed E-state index contributed by atoms with van der Waals surface area (Å²) >= 11 is 1.66. The fraction of sp³-hybridized carbons (Fsp3) is 0.235. The van der Waals surface area contributed by atoms with E-state index in [4.69, 9.17) is 0 Å². The number of aromatic nitrogens is 2. The van der Waals surface area contributed by atoms with Gasteiger partial charge in [-0.1, -0.05) is 12.1 Å². The molecule has 1 amide bonds. The van der Waals surface area contributed by atoms with Crippen LogP contribution in [0, 0.1) is 6.92 Å². The van der Waals surface area contributed by atoms with Crippen LogP contribution in [-0.2, 0) is 6.54 Å². The third-order valence-electron chi connectivity index (χ3n) is 3.52. The molecule has 0 fully saturated rings. The van der Waals surface area contributed by atoms with Crippen LogP contribution in [0.2, 0.25) is 0 Å². The third kappa shape index (κ3) is 3.32. The molecule has 1 N–H and O–H groups in total. The minimum atomic E-state index is 0.00997. The van der Waals surface area contributed by atoms with E-state index in [-0.39, 0.29) is 5.91 Å². The molecular formula is C17H18N4OS. The first kappa shape index (κ1) is 15.4. The first-order chi connectivity index (χ1) is 11.0. The van der Waals surface area contributed by atoms with Gasteiger partial charge in [-0.15, -0.1) is 11.3 Å². The van der Waals surface area contributed by atoms with Gasteiger partial charge in [-0.25, -0.2) is 9.97 Å². The molecule has 0 saturated heterocycles. The van der Waals surface area contributed by atoms with Gasteiger partial charge >= 0.3 is 0 Å². The lowest BCUT2D eigenvalue weighted by atomic mass is 10.1. The highest BCUT2D eigenvalue weighted by Crippen LogP contribution is 2.27. The highest BCUT2D eigenvalue weighted by molar-refractivity contribution is 7.18. The second-order valence-corrected chi connectivity index (χ2v) is 6.78. The number of fused-ring (bicyclic) bond motifs is 1. The number of nitrogens with one attached hydrogen (secondary N) is 1. The van der Waals surface area contributed by atoms with Crippen molar-refractivity contribution in [3.05, 3.63) is 52.7 Å². The molecule has 2 heterocycles. The Morgan fingerprint density at radius 1 is 1.22 bits per heavy atom. The standard InChI is InChI=1S/C17H18N4OS/c1-11-8-14-15(19-10-20-16(14)23-11)18-9-12-4-6-13(7-5-12)17(22)21(2)3/h4-8,10H,9H2,1-3H3,(H,18,19,20). The molecule has 3 aromatic rings. The van der Waals surface area contributed by atoms with E-state index in [0.717, 1.165) is 21.6 Å². The van der Waals surface area contributed by atoms with Gasteiger partial charge in [0, 0.05) is 31.1 Å². The number of anilines is 1. The first-order valence-electron chi connectivity index (χ1n) is 7.30. The molecule has 5 nitrogen and oxygen atoms in total. The summed E-state index contributed by atoms with van der Waals surface area (Å²) in [5.74, 6) is 0.851. The van der Waals surface area contributed by atoms with Gasteiger partial charge in [0.2, 0.25) is 0 Å². The smallest absolute Gasteiger partial charge is 0.253 e. The second kappa shape index (κ2) is 6.34. The predicted molar refractivity (Wildman–Crippen MR) is 93.9 cm³/mol. The molecule has 0 aliphatic heterocycles. The molecule has 0 aliphatic rings. The molecule has 2 aromatic heterocycles. The molecule has 0 aliphatic carbocycles. The lowest BCUT2D eigenvalue weighted by molar-refractivity contribution is 0.0827. The van der Waals surface area contributed by atoms with Crippen LogP contribution in [0.3, 0.4) is 0 Å². The van der Waals surface area contributed by atoms with Crippen LogP contribution in [-0.4, -0.2) is 34.9 Å². The molecule has 0 saturated carbocycles. The van der Waals surface area contributed by atoms with Crippen molar-refractivity contribution < 1.29 is 4.79 Å². The van der Waals surface area contributed by atoms with E-state index in [1.807, 2.05) is 24.3 Å². The van der Waals surface area contributed by atoms with Gasteiger partial charge in [-0.3, -0.25) is 4.79 Å². The van der Waals surface area contributed by atoms with Gasteiger partial charge < -0.3 is 10.2 Å². The largest absolute Gasteiger partial charge is 0.365 e. The maximum Gasteiger partial charge on any atom is 0.253 e. The van der Waals surface area contributed by atoms with Gasteiger partial charge in [0.05, 0.1) is 5.39 Å². The van der Waals surface area contributed by atoms with Crippen LogP contribution >= 0.6 is 11.3 Å². The highest BCUT2D eigenvalue weighted by Gasteiger charge is 2.08. The van der Waals surface area contributed by atoms with Crippen molar-refractivity contribution in [3.63, 3.8) is 0 Å². The third-order valence-corrected chi connectivity index (χ3v) is 4.48. The molecule has 6 heteroatoms. The van der Waals surface area contributed by atoms with Crippen LogP contribution in [0.5, 0.6) is 0 Å². The number of aryl methyl sites for hydroxylation is 1. The molecule has 0 radical (unpaired) electrons. The topological polar surface area (TPSA) is 58.1 Å². The van der Waals surface area contributed by atoms with E-state index in [1.165, 1.54) is 4.88 Å². The summed E-state index contributed by atoms with van der Waals surface area (Å²) in [6.07, 6.45) is 1.58. The molecule has 0 spiro atoms. The Bertz CT molecular complexity index is 839. The Kier molecular flexibility index (Phi) is 4.25. The first-order valence-corrected chi connectivity index (χ1v) is 8.12. The lowest BCUT2D eigenvalue weighted by Gasteiger charge is -2.11. The van der Waals surface area contributed by atoms with E-state index in [0.29, 0.717) is 12.1 Å². The van der Waals surface area contributed by atoms with Crippen LogP contribution in [0.15, 0.2) is 36.7 Å². The Balaban J connectivity index is 1.74. The summed E-state index contributed by atoms with van der Waals surface area (Å²) in [7, 11) is 3.50. The number of amides is 1. The van der Waals surface area contributed by atoms with Crippen LogP contribution < -0.4 is 5.32 Å². The number of hydrogen-bond acceptors (Lipinski definition) is 5. The minimum Gasteiger partial charge on any atom is -0.365 e. The number of carbonyl (C=O) groups is 1. The van der Waals surface area contributed by atoms with Crippen LogP contribution in [0.25, 0.3) is 10.2 Å². The Morgan fingerprint density at radius 2 is 1.96 bits per heavy atom. The number of carbonyl (C=O) groups excluding carboxylic acids is 1. The van der Waals surface area contributed by atoms with Crippen molar-refractivity contribution in [1.82, 2.24) is 14.9 Å². The van der Waals surface area contributed by atoms with Crippen molar-refractivity contribution in [1.29, 1.82) is 0 Å². The molecule has 23 heavy (non-hydrogen) atoms. The van der Waals surface area contributed by atoms with Crippen molar-refractivity contribution in [2.24, 2.45) is 0 Å². The summed E-state index contributed by atoms with van der Waals surface area (Å²) in [6.45, 7) is 2.72. The zero-order chi connectivity index (χ0) is 16.4. The lowest BCUT2D eigenvalue weighted by Crippen LogP contribution is -2.21. The van der Waals surface area contributed by atoms with Gasteiger partial charge in [-0.2, -0.15) is 0 Å². The number of rotatable bonds is 4. The zero-order valence-electron chi connectivity index (χ0n) is 13.3. The maximum atomic E-state index is 11.9. The van der Waals surface area contributed by atoms with Gasteiger partial charge in [0.15, 0.2) is 0 Å². The summed E-state index contributed by atoms with van der Waals surface area (Å²) in [5, 5.41) is 4.40. The maximum absolute atomic E-state index is 11.9. The predicted octanol–water partition coefficient (Wildman–Crippen LogP) is 3.31. The van der Waals surface area contributed by atoms with Gasteiger partial charge in [0.1, 0.15) is 17.0 Å². The average molecular weight is 326 g/mol. The van der Waals surface area contributed by atoms with Crippen molar-refractivity contribution in [2.75, 3.05) is 19.4 Å². The Hall–Kier alpha value is -2.47. The molecule has 3 rings (SSSR count). The monoisotopic (exact) mass is 326 g/mol. The number of nitrogens with zero attached hydrogens (tertiary/aromatic N) is 3. The van der Waals surface area contributed by atoms with Crippen LogP contribution in [0.1, 0.15) is 20.8 Å². The molecule has 118 valence electrons. The summed E-state index contributed by atoms with van der Waals surface area (Å²) in [6, 6.07) is 9.72.